The number of esters is 1. The number of carboxylic acid groups (broad SMARTS) is 1. The number of ether oxygens (including phenoxy) is 1. The molecule has 0 aliphatic carbocycles. The van der Waals surface area contributed by atoms with Gasteiger partial charge in [0.15, 0.2) is 0 Å². The van der Waals surface area contributed by atoms with Crippen LogP contribution in [0.4, 0.5) is 0 Å². The molecule has 0 heterocycles. The molecule has 4 nitrogen and oxygen atoms in total. The molecule has 0 aromatic heterocycles. The number of carbonyl (C=O) groups is 2. The summed E-state index contributed by atoms with van der Waals surface area (Å²) in [6, 6.07) is 6.95. The van der Waals surface area contributed by atoms with E-state index in [1.54, 1.807) is 38.1 Å². The number of methoxy groups -OCH3 is 1. The standard InChI is InChI=1S/C15H16O4/c1-15(2,14(17)18)12-9-7-11(8-10-12)5-4-6-13(16)19-3/h7-10H,6H2,1-3H3,(H,17,18). The minimum atomic E-state index is -0.933. The van der Waals surface area contributed by atoms with Crippen LogP contribution in [-0.2, 0) is 19.7 Å². The molecule has 0 radical (unpaired) electrons. The molecule has 1 N–H and O–H groups in total. The maximum Gasteiger partial charge on any atom is 0.317 e. The first kappa shape index (κ1) is 14.8. The zero-order valence-electron chi connectivity index (χ0n) is 11.2. The number of aliphatic carboxylic acids is 1. The van der Waals surface area contributed by atoms with Gasteiger partial charge in [-0.15, -0.1) is 0 Å². The summed E-state index contributed by atoms with van der Waals surface area (Å²) < 4.78 is 4.47. The minimum absolute atomic E-state index is 0.0405. The summed E-state index contributed by atoms with van der Waals surface area (Å²) in [7, 11) is 1.31. The van der Waals surface area contributed by atoms with Gasteiger partial charge in [-0.3, -0.25) is 9.59 Å². The van der Waals surface area contributed by atoms with E-state index in [0.717, 1.165) is 5.56 Å². The molecular formula is C15H16O4. The fraction of sp³-hybridized carbons (Fsp3) is 0.333. The van der Waals surface area contributed by atoms with Gasteiger partial charge in [-0.1, -0.05) is 24.0 Å². The third-order valence-corrected chi connectivity index (χ3v) is 2.83. The normalized spacial score (nSPS) is 10.3. The minimum Gasteiger partial charge on any atom is -0.481 e. The highest BCUT2D eigenvalue weighted by Crippen LogP contribution is 2.23. The molecule has 0 bridgehead atoms. The Kier molecular flexibility index (Phi) is 4.71. The monoisotopic (exact) mass is 260 g/mol. The number of benzene rings is 1. The molecule has 1 rings (SSSR count). The fourth-order valence-corrected chi connectivity index (χ4v) is 1.38. The van der Waals surface area contributed by atoms with Gasteiger partial charge >= 0.3 is 11.9 Å². The summed E-state index contributed by atoms with van der Waals surface area (Å²) >= 11 is 0. The Labute approximate surface area is 112 Å². The Bertz CT molecular complexity index is 530. The van der Waals surface area contributed by atoms with Gasteiger partial charge in [0, 0.05) is 5.56 Å². The van der Waals surface area contributed by atoms with Gasteiger partial charge in [-0.25, -0.2) is 0 Å². The fourth-order valence-electron chi connectivity index (χ4n) is 1.38. The predicted octanol–water partition coefficient (Wildman–Crippen LogP) is 1.96. The van der Waals surface area contributed by atoms with Crippen molar-refractivity contribution in [2.75, 3.05) is 7.11 Å². The van der Waals surface area contributed by atoms with E-state index < -0.39 is 11.4 Å². The van der Waals surface area contributed by atoms with Crippen LogP contribution in [0.25, 0.3) is 0 Å². The second-order valence-corrected chi connectivity index (χ2v) is 4.56. The molecule has 0 aliphatic rings. The van der Waals surface area contributed by atoms with Crippen LogP contribution in [0.1, 0.15) is 31.4 Å². The van der Waals surface area contributed by atoms with E-state index in [0.29, 0.717) is 5.56 Å². The second-order valence-electron chi connectivity index (χ2n) is 4.56. The van der Waals surface area contributed by atoms with E-state index in [2.05, 4.69) is 16.6 Å². The van der Waals surface area contributed by atoms with Crippen LogP contribution in [0.5, 0.6) is 0 Å². The highest BCUT2D eigenvalue weighted by atomic mass is 16.5. The molecule has 0 saturated heterocycles. The number of hydrogen-bond acceptors (Lipinski definition) is 3. The third-order valence-electron chi connectivity index (χ3n) is 2.83. The SMILES string of the molecule is COC(=O)CC#Cc1ccc(C(C)(C)C(=O)O)cc1. The van der Waals surface area contributed by atoms with Crippen molar-refractivity contribution in [3.05, 3.63) is 35.4 Å². The molecule has 0 saturated carbocycles. The molecule has 0 aliphatic heterocycles. The Balaban J connectivity index is 2.83. The smallest absolute Gasteiger partial charge is 0.317 e. The lowest BCUT2D eigenvalue weighted by atomic mass is 9.84. The third kappa shape index (κ3) is 3.85. The Morgan fingerprint density at radius 1 is 1.26 bits per heavy atom. The Morgan fingerprint density at radius 2 is 1.84 bits per heavy atom. The summed E-state index contributed by atoms with van der Waals surface area (Å²) in [6.07, 6.45) is 0.0405. The first-order valence-corrected chi connectivity index (χ1v) is 5.77. The molecule has 4 heteroatoms. The van der Waals surface area contributed by atoms with Crippen molar-refractivity contribution in [2.45, 2.75) is 25.7 Å². The molecule has 0 unspecified atom stereocenters. The van der Waals surface area contributed by atoms with Gasteiger partial charge < -0.3 is 9.84 Å². The zero-order valence-corrected chi connectivity index (χ0v) is 11.2. The average molecular weight is 260 g/mol. The van der Waals surface area contributed by atoms with Crippen LogP contribution >= 0.6 is 0 Å². The highest BCUT2D eigenvalue weighted by Gasteiger charge is 2.28. The molecule has 1 aromatic carbocycles. The van der Waals surface area contributed by atoms with Crippen LogP contribution in [0.15, 0.2) is 24.3 Å². The van der Waals surface area contributed by atoms with Gasteiger partial charge in [0.25, 0.3) is 0 Å². The van der Waals surface area contributed by atoms with Crippen molar-refractivity contribution in [3.8, 4) is 11.8 Å². The predicted molar refractivity (Wildman–Crippen MR) is 70.6 cm³/mol. The van der Waals surface area contributed by atoms with Gasteiger partial charge in [-0.05, 0) is 31.5 Å². The first-order valence-electron chi connectivity index (χ1n) is 5.77. The maximum atomic E-state index is 11.1. The van der Waals surface area contributed by atoms with Crippen molar-refractivity contribution in [1.82, 2.24) is 0 Å². The van der Waals surface area contributed by atoms with Crippen molar-refractivity contribution >= 4 is 11.9 Å². The molecule has 0 amide bonds. The van der Waals surface area contributed by atoms with E-state index in [1.807, 2.05) is 0 Å². The quantitative estimate of drug-likeness (QED) is 0.666. The molecule has 0 fully saturated rings. The van der Waals surface area contributed by atoms with E-state index in [-0.39, 0.29) is 12.4 Å². The lowest BCUT2D eigenvalue weighted by Crippen LogP contribution is -2.28. The van der Waals surface area contributed by atoms with E-state index in [9.17, 15) is 9.59 Å². The van der Waals surface area contributed by atoms with Crippen LogP contribution < -0.4 is 0 Å². The summed E-state index contributed by atoms with van der Waals surface area (Å²) in [5.74, 6) is 4.26. The maximum absolute atomic E-state index is 11.1. The highest BCUT2D eigenvalue weighted by molar-refractivity contribution is 5.80. The summed E-state index contributed by atoms with van der Waals surface area (Å²) in [6.45, 7) is 3.29. The molecule has 19 heavy (non-hydrogen) atoms. The van der Waals surface area contributed by atoms with Gasteiger partial charge in [0.05, 0.1) is 12.5 Å². The Hall–Kier alpha value is -2.28. The number of carboxylic acids is 1. The van der Waals surface area contributed by atoms with Crippen molar-refractivity contribution < 1.29 is 19.4 Å². The van der Waals surface area contributed by atoms with Crippen LogP contribution in [0.2, 0.25) is 0 Å². The van der Waals surface area contributed by atoms with Crippen molar-refractivity contribution in [2.24, 2.45) is 0 Å². The topological polar surface area (TPSA) is 63.6 Å². The zero-order chi connectivity index (χ0) is 14.5. The summed E-state index contributed by atoms with van der Waals surface area (Å²) in [5, 5.41) is 9.11. The molecule has 100 valence electrons. The molecular weight excluding hydrogens is 244 g/mol. The lowest BCUT2D eigenvalue weighted by Gasteiger charge is -2.19. The molecule has 0 spiro atoms. The summed E-state index contributed by atoms with van der Waals surface area (Å²) in [4.78, 5) is 22.0. The molecule has 1 aromatic rings. The second kappa shape index (κ2) is 6.05. The van der Waals surface area contributed by atoms with Crippen LogP contribution in [0, 0.1) is 11.8 Å². The van der Waals surface area contributed by atoms with Gasteiger partial charge in [-0.2, -0.15) is 0 Å². The van der Waals surface area contributed by atoms with E-state index >= 15 is 0 Å². The Morgan fingerprint density at radius 3 is 2.32 bits per heavy atom. The number of carbonyl (C=O) groups excluding carboxylic acids is 1. The number of rotatable bonds is 3. The first-order chi connectivity index (χ1) is 8.87. The van der Waals surface area contributed by atoms with Crippen LogP contribution in [0.3, 0.4) is 0 Å². The largest absolute Gasteiger partial charge is 0.481 e. The van der Waals surface area contributed by atoms with Crippen molar-refractivity contribution in [3.63, 3.8) is 0 Å². The van der Waals surface area contributed by atoms with E-state index in [1.165, 1.54) is 7.11 Å². The van der Waals surface area contributed by atoms with Gasteiger partial charge in [0.2, 0.25) is 0 Å². The summed E-state index contributed by atoms with van der Waals surface area (Å²) in [5.41, 5.74) is 0.505. The average Bonchev–Trinajstić information content (AvgIpc) is 2.39. The van der Waals surface area contributed by atoms with Crippen LogP contribution in [-0.4, -0.2) is 24.2 Å². The van der Waals surface area contributed by atoms with Crippen molar-refractivity contribution in [1.29, 1.82) is 0 Å². The van der Waals surface area contributed by atoms with E-state index in [4.69, 9.17) is 5.11 Å². The lowest BCUT2D eigenvalue weighted by molar-refractivity contribution is -0.142. The van der Waals surface area contributed by atoms with Gasteiger partial charge in [0.1, 0.15) is 6.42 Å². The number of hydrogen-bond donors (Lipinski definition) is 1. The molecule has 0 atom stereocenters.